The van der Waals surface area contributed by atoms with Crippen molar-refractivity contribution in [3.05, 3.63) is 53.6 Å². The maximum atomic E-state index is 5.46. The molecule has 2 N–H and O–H groups in total. The average Bonchev–Trinajstić information content (AvgIpc) is 2.75. The van der Waals surface area contributed by atoms with E-state index < -0.39 is 0 Å². The highest BCUT2D eigenvalue weighted by atomic mass is 127. The minimum absolute atomic E-state index is 0. The highest BCUT2D eigenvalue weighted by Gasteiger charge is 2.21. The molecule has 1 aliphatic rings. The number of rotatable bonds is 7. The summed E-state index contributed by atoms with van der Waals surface area (Å²) in [4.78, 5) is 6.76. The monoisotopic (exact) mass is 510 g/mol. The van der Waals surface area contributed by atoms with Gasteiger partial charge in [-0.1, -0.05) is 18.2 Å². The molecule has 0 radical (unpaired) electrons. The molecule has 1 heterocycles. The molecular formula is C22H31IN4O2. The van der Waals surface area contributed by atoms with Gasteiger partial charge in [-0.3, -0.25) is 4.99 Å². The Morgan fingerprint density at radius 1 is 1.03 bits per heavy atom. The number of guanidine groups is 1. The summed E-state index contributed by atoms with van der Waals surface area (Å²) in [6, 6.07) is 14.5. The van der Waals surface area contributed by atoms with E-state index in [0.717, 1.165) is 62.2 Å². The smallest absolute Gasteiger partial charge is 0.193 e. The van der Waals surface area contributed by atoms with E-state index in [1.807, 2.05) is 25.2 Å². The number of aliphatic imine (C=N–C) groups is 1. The van der Waals surface area contributed by atoms with Crippen LogP contribution in [0.15, 0.2) is 47.5 Å². The predicted molar refractivity (Wildman–Crippen MR) is 130 cm³/mol. The maximum Gasteiger partial charge on any atom is 0.193 e. The maximum absolute atomic E-state index is 5.46. The molecule has 0 spiro atoms. The van der Waals surface area contributed by atoms with Gasteiger partial charge in [0.15, 0.2) is 17.5 Å². The number of nitrogens with one attached hydrogen (secondary N) is 2. The molecule has 0 fully saturated rings. The number of nitrogens with zero attached hydrogens (tertiary/aromatic N) is 2. The first-order valence-corrected chi connectivity index (χ1v) is 9.73. The van der Waals surface area contributed by atoms with Gasteiger partial charge in [0.25, 0.3) is 0 Å². The van der Waals surface area contributed by atoms with Crippen LogP contribution in [0, 0.1) is 0 Å². The number of hydrogen-bond acceptors (Lipinski definition) is 4. The molecule has 0 aromatic heterocycles. The molecule has 6 nitrogen and oxygen atoms in total. The number of halogens is 1. The zero-order valence-electron chi connectivity index (χ0n) is 17.4. The summed E-state index contributed by atoms with van der Waals surface area (Å²) < 4.78 is 10.9. The minimum atomic E-state index is 0. The van der Waals surface area contributed by atoms with Crippen molar-refractivity contribution in [1.82, 2.24) is 10.2 Å². The van der Waals surface area contributed by atoms with Gasteiger partial charge in [0.2, 0.25) is 0 Å². The van der Waals surface area contributed by atoms with Gasteiger partial charge >= 0.3 is 0 Å². The van der Waals surface area contributed by atoms with Crippen molar-refractivity contribution < 1.29 is 9.47 Å². The molecule has 0 amide bonds. The molecule has 2 aromatic rings. The Balaban J connectivity index is 0.00000300. The molecule has 0 atom stereocenters. The van der Waals surface area contributed by atoms with Gasteiger partial charge in [0.1, 0.15) is 0 Å². The van der Waals surface area contributed by atoms with Crippen LogP contribution in [0.2, 0.25) is 0 Å². The predicted octanol–water partition coefficient (Wildman–Crippen LogP) is 3.76. The molecule has 0 unspecified atom stereocenters. The van der Waals surface area contributed by atoms with E-state index in [9.17, 15) is 0 Å². The first-order valence-electron chi connectivity index (χ1n) is 9.73. The number of fused-ring (bicyclic) bond motifs is 1. The van der Waals surface area contributed by atoms with Crippen LogP contribution in [-0.2, 0) is 13.0 Å². The topological polar surface area (TPSA) is 58.1 Å². The van der Waals surface area contributed by atoms with E-state index >= 15 is 0 Å². The molecule has 7 heteroatoms. The van der Waals surface area contributed by atoms with Crippen LogP contribution >= 0.6 is 24.0 Å². The van der Waals surface area contributed by atoms with Crippen LogP contribution < -0.4 is 20.1 Å². The zero-order chi connectivity index (χ0) is 19.8. The molecule has 1 aliphatic heterocycles. The Bertz CT molecular complexity index is 799. The van der Waals surface area contributed by atoms with Gasteiger partial charge in [0, 0.05) is 38.9 Å². The standard InChI is InChI=1S/C22H30N4O2.HI/c1-23-22(25-12-7-11-24-19-8-5-4-6-9-19)26-13-10-17-14-20(27-2)21(28-3)15-18(17)16-26;/h4-6,8-9,14-15,24H,7,10-13,16H2,1-3H3,(H,23,25);1H. The lowest BCUT2D eigenvalue weighted by atomic mass is 9.99. The third kappa shape index (κ3) is 6.16. The summed E-state index contributed by atoms with van der Waals surface area (Å²) in [5.74, 6) is 2.52. The quantitative estimate of drug-likeness (QED) is 0.257. The Kier molecular flexibility index (Phi) is 9.37. The normalized spacial score (nSPS) is 13.2. The lowest BCUT2D eigenvalue weighted by molar-refractivity contribution is 0.346. The SMILES string of the molecule is CN=C(NCCCNc1ccccc1)N1CCc2cc(OC)c(OC)cc2C1.I. The molecule has 2 aromatic carbocycles. The fourth-order valence-electron chi connectivity index (χ4n) is 3.47. The fourth-order valence-corrected chi connectivity index (χ4v) is 3.47. The van der Waals surface area contributed by atoms with Gasteiger partial charge in [-0.05, 0) is 48.2 Å². The third-order valence-corrected chi connectivity index (χ3v) is 4.97. The van der Waals surface area contributed by atoms with E-state index in [4.69, 9.17) is 9.47 Å². The Morgan fingerprint density at radius 3 is 2.38 bits per heavy atom. The van der Waals surface area contributed by atoms with Gasteiger partial charge < -0.3 is 25.0 Å². The molecule has 29 heavy (non-hydrogen) atoms. The molecule has 0 saturated carbocycles. The van der Waals surface area contributed by atoms with Crippen molar-refractivity contribution in [3.63, 3.8) is 0 Å². The number of benzene rings is 2. The van der Waals surface area contributed by atoms with Crippen molar-refractivity contribution in [1.29, 1.82) is 0 Å². The van der Waals surface area contributed by atoms with Crippen molar-refractivity contribution in [3.8, 4) is 11.5 Å². The number of hydrogen-bond donors (Lipinski definition) is 2. The van der Waals surface area contributed by atoms with E-state index in [0.29, 0.717) is 0 Å². The van der Waals surface area contributed by atoms with Crippen molar-refractivity contribution in [2.24, 2.45) is 4.99 Å². The fraction of sp³-hybridized carbons (Fsp3) is 0.409. The van der Waals surface area contributed by atoms with Crippen molar-refractivity contribution >= 4 is 35.6 Å². The minimum Gasteiger partial charge on any atom is -0.493 e. The highest BCUT2D eigenvalue weighted by Crippen LogP contribution is 2.33. The third-order valence-electron chi connectivity index (χ3n) is 4.97. The molecule has 3 rings (SSSR count). The summed E-state index contributed by atoms with van der Waals surface area (Å²) in [7, 11) is 5.20. The van der Waals surface area contributed by atoms with E-state index in [-0.39, 0.29) is 24.0 Å². The number of para-hydroxylation sites is 1. The average molecular weight is 510 g/mol. The Hall–Kier alpha value is -2.16. The van der Waals surface area contributed by atoms with Crippen LogP contribution in [0.1, 0.15) is 17.5 Å². The van der Waals surface area contributed by atoms with E-state index in [1.165, 1.54) is 11.1 Å². The first-order chi connectivity index (χ1) is 13.7. The number of ether oxygens (including phenoxy) is 2. The second-order valence-electron chi connectivity index (χ2n) is 6.77. The van der Waals surface area contributed by atoms with Crippen LogP contribution in [0.3, 0.4) is 0 Å². The highest BCUT2D eigenvalue weighted by molar-refractivity contribution is 14.0. The van der Waals surface area contributed by atoms with Crippen LogP contribution in [0.5, 0.6) is 11.5 Å². The number of methoxy groups -OCH3 is 2. The molecule has 0 bridgehead atoms. The Labute approximate surface area is 190 Å². The zero-order valence-corrected chi connectivity index (χ0v) is 19.7. The lowest BCUT2D eigenvalue weighted by Gasteiger charge is -2.32. The van der Waals surface area contributed by atoms with Crippen molar-refractivity contribution in [2.75, 3.05) is 46.2 Å². The summed E-state index contributed by atoms with van der Waals surface area (Å²) in [6.45, 7) is 3.55. The van der Waals surface area contributed by atoms with Gasteiger partial charge in [-0.15, -0.1) is 24.0 Å². The van der Waals surface area contributed by atoms with Gasteiger partial charge in [0.05, 0.1) is 14.2 Å². The number of anilines is 1. The second kappa shape index (κ2) is 11.7. The van der Waals surface area contributed by atoms with E-state index in [2.05, 4.69) is 44.8 Å². The second-order valence-corrected chi connectivity index (χ2v) is 6.77. The van der Waals surface area contributed by atoms with Crippen LogP contribution in [-0.4, -0.2) is 51.8 Å². The lowest BCUT2D eigenvalue weighted by Crippen LogP contribution is -2.44. The largest absolute Gasteiger partial charge is 0.493 e. The van der Waals surface area contributed by atoms with Crippen LogP contribution in [0.25, 0.3) is 0 Å². The van der Waals surface area contributed by atoms with Gasteiger partial charge in [-0.25, -0.2) is 0 Å². The summed E-state index contributed by atoms with van der Waals surface area (Å²) in [5, 5.41) is 6.92. The summed E-state index contributed by atoms with van der Waals surface area (Å²) in [5.41, 5.74) is 3.73. The molecule has 0 aliphatic carbocycles. The summed E-state index contributed by atoms with van der Waals surface area (Å²) >= 11 is 0. The molecular weight excluding hydrogens is 479 g/mol. The Morgan fingerprint density at radius 2 is 1.72 bits per heavy atom. The molecule has 158 valence electrons. The van der Waals surface area contributed by atoms with Gasteiger partial charge in [-0.2, -0.15) is 0 Å². The van der Waals surface area contributed by atoms with Crippen LogP contribution in [0.4, 0.5) is 5.69 Å². The first kappa shape index (κ1) is 23.1. The summed E-state index contributed by atoms with van der Waals surface area (Å²) in [6.07, 6.45) is 1.98. The molecule has 0 saturated heterocycles. The van der Waals surface area contributed by atoms with Crippen molar-refractivity contribution in [2.45, 2.75) is 19.4 Å². The van der Waals surface area contributed by atoms with E-state index in [1.54, 1.807) is 14.2 Å².